The first-order chi connectivity index (χ1) is 9.13. The zero-order valence-corrected chi connectivity index (χ0v) is 13.1. The lowest BCUT2D eigenvalue weighted by molar-refractivity contribution is 0.681. The van der Waals surface area contributed by atoms with Crippen molar-refractivity contribution in [2.45, 2.75) is 58.9 Å². The van der Waals surface area contributed by atoms with Crippen LogP contribution >= 0.6 is 9.03 Å². The summed E-state index contributed by atoms with van der Waals surface area (Å²) in [7, 11) is 3.42. The summed E-state index contributed by atoms with van der Waals surface area (Å²) in [6, 6.07) is 2.80. The second kappa shape index (κ2) is 4.87. The second-order valence-electron chi connectivity index (χ2n) is 6.02. The Balaban J connectivity index is 2.26. The molecule has 0 N–H and O–H groups in total. The van der Waals surface area contributed by atoms with Gasteiger partial charge in [-0.05, 0) is 101 Å². The molecule has 1 unspecified atom stereocenters. The summed E-state index contributed by atoms with van der Waals surface area (Å²) in [5.74, 6) is 0. The highest BCUT2D eigenvalue weighted by Crippen LogP contribution is 2.44. The predicted octanol–water partition coefficient (Wildman–Crippen LogP) is 5.19. The number of hydrogen-bond acceptors (Lipinski definition) is 1. The van der Waals surface area contributed by atoms with E-state index >= 15 is 0 Å². The molecule has 1 aromatic rings. The lowest BCUT2D eigenvalue weighted by Gasteiger charge is -2.17. The topological polar surface area (TPSA) is 12.4 Å². The van der Waals surface area contributed by atoms with E-state index in [4.69, 9.17) is 0 Å². The Morgan fingerprint density at radius 3 is 2.63 bits per heavy atom. The fourth-order valence-corrected chi connectivity index (χ4v) is 4.10. The Kier molecular flexibility index (Phi) is 3.35. The van der Waals surface area contributed by atoms with E-state index < -0.39 is 0 Å². The van der Waals surface area contributed by atoms with Crippen LogP contribution in [0, 0.1) is 20.8 Å². The molecule has 2 aliphatic carbocycles. The zero-order chi connectivity index (χ0) is 13.6. The quantitative estimate of drug-likeness (QED) is 0.623. The van der Waals surface area contributed by atoms with Crippen LogP contribution in [0.4, 0.5) is 0 Å². The highest BCUT2D eigenvalue weighted by Gasteiger charge is 2.28. The van der Waals surface area contributed by atoms with Gasteiger partial charge < -0.3 is 0 Å². The molecule has 100 valence electrons. The molecule has 0 heterocycles. The fraction of sp³-hybridized carbons (Fsp3) is 0.529. The molecule has 19 heavy (non-hydrogen) atoms. The summed E-state index contributed by atoms with van der Waals surface area (Å²) >= 11 is 0. The van der Waals surface area contributed by atoms with Crippen molar-refractivity contribution in [1.82, 2.24) is 0 Å². The lowest BCUT2D eigenvalue weighted by atomic mass is 9.88. The van der Waals surface area contributed by atoms with Crippen LogP contribution in [0.3, 0.4) is 0 Å². The van der Waals surface area contributed by atoms with Gasteiger partial charge in [-0.3, -0.25) is 4.74 Å². The van der Waals surface area contributed by atoms with E-state index in [1.807, 2.05) is 0 Å². The largest absolute Gasteiger partial charge is 0.264 e. The van der Waals surface area contributed by atoms with Gasteiger partial charge in [-0.15, -0.1) is 0 Å². The molecule has 0 spiro atoms. The van der Waals surface area contributed by atoms with Crippen molar-refractivity contribution in [2.24, 2.45) is 4.74 Å². The Morgan fingerprint density at radius 1 is 1.11 bits per heavy atom. The molecule has 0 bridgehead atoms. The third kappa shape index (κ3) is 1.99. The Bertz CT molecular complexity index is 583. The molecule has 0 aromatic heterocycles. The van der Waals surface area contributed by atoms with Gasteiger partial charge in [0.1, 0.15) is 0 Å². The van der Waals surface area contributed by atoms with Crippen LogP contribution < -0.4 is 0 Å². The summed E-state index contributed by atoms with van der Waals surface area (Å²) in [6.07, 6.45) is 6.08. The summed E-state index contributed by atoms with van der Waals surface area (Å²) in [5, 5.41) is 0. The minimum atomic E-state index is 0.390. The molecular formula is C17H22NP. The molecule has 1 atom stereocenters. The van der Waals surface area contributed by atoms with Crippen molar-refractivity contribution in [2.75, 3.05) is 0 Å². The molecule has 1 nitrogen and oxygen atoms in total. The SMILES string of the molecule is Cc1cc2c(c(C)c1C)C1=C(CCC1)C(N=P)CC2. The molecule has 0 aliphatic heterocycles. The first-order valence-electron chi connectivity index (χ1n) is 7.32. The van der Waals surface area contributed by atoms with Gasteiger partial charge >= 0.3 is 0 Å². The van der Waals surface area contributed by atoms with E-state index in [-0.39, 0.29) is 0 Å². The maximum absolute atomic E-state index is 4.46. The molecule has 2 heteroatoms. The zero-order valence-electron chi connectivity index (χ0n) is 12.1. The minimum absolute atomic E-state index is 0.390. The molecule has 1 aromatic carbocycles. The monoisotopic (exact) mass is 271 g/mol. The highest BCUT2D eigenvalue weighted by molar-refractivity contribution is 7.04. The molecule has 3 rings (SSSR count). The average Bonchev–Trinajstić information content (AvgIpc) is 2.81. The highest BCUT2D eigenvalue weighted by atomic mass is 31.0. The fourth-order valence-electron chi connectivity index (χ4n) is 3.81. The van der Waals surface area contributed by atoms with E-state index in [2.05, 4.69) is 40.6 Å². The van der Waals surface area contributed by atoms with E-state index in [0.717, 1.165) is 12.8 Å². The van der Waals surface area contributed by atoms with Gasteiger partial charge in [0, 0.05) is 0 Å². The van der Waals surface area contributed by atoms with Gasteiger partial charge in [-0.25, -0.2) is 0 Å². The van der Waals surface area contributed by atoms with Gasteiger partial charge in [0.15, 0.2) is 0 Å². The maximum Gasteiger partial charge on any atom is 0.0758 e. The summed E-state index contributed by atoms with van der Waals surface area (Å²) in [5.41, 5.74) is 10.7. The second-order valence-corrected chi connectivity index (χ2v) is 6.28. The summed E-state index contributed by atoms with van der Waals surface area (Å²) < 4.78 is 4.46. The number of allylic oxidation sites excluding steroid dienone is 1. The van der Waals surface area contributed by atoms with Crippen LogP contribution in [0.2, 0.25) is 0 Å². The third-order valence-corrected chi connectivity index (χ3v) is 5.36. The van der Waals surface area contributed by atoms with Crippen molar-refractivity contribution >= 4 is 14.6 Å². The molecule has 0 amide bonds. The Morgan fingerprint density at radius 2 is 1.89 bits per heavy atom. The molecule has 0 fully saturated rings. The molecule has 0 saturated carbocycles. The van der Waals surface area contributed by atoms with E-state index in [9.17, 15) is 0 Å². The Hall–Kier alpha value is -0.940. The third-order valence-electron chi connectivity index (χ3n) is 5.05. The molecular weight excluding hydrogens is 249 g/mol. The predicted molar refractivity (Wildman–Crippen MR) is 84.3 cm³/mol. The number of benzene rings is 1. The van der Waals surface area contributed by atoms with E-state index in [1.165, 1.54) is 36.0 Å². The van der Waals surface area contributed by atoms with Gasteiger partial charge in [-0.2, -0.15) is 0 Å². The van der Waals surface area contributed by atoms with Crippen molar-refractivity contribution in [3.63, 3.8) is 0 Å². The van der Waals surface area contributed by atoms with Gasteiger partial charge in [-0.1, -0.05) is 6.07 Å². The molecule has 0 radical (unpaired) electrons. The first kappa shape index (κ1) is 13.1. The van der Waals surface area contributed by atoms with Crippen molar-refractivity contribution in [3.05, 3.63) is 39.5 Å². The smallest absolute Gasteiger partial charge is 0.0758 e. The number of nitrogens with zero attached hydrogens (tertiary/aromatic N) is 1. The van der Waals surface area contributed by atoms with Crippen LogP contribution in [0.5, 0.6) is 0 Å². The standard InChI is InChI=1S/C17H22NP/c1-10-9-13-7-8-16(18-19)14-5-4-6-15(14)17(13)12(3)11(10)2/h9,16,19H,4-8H2,1-3H3. The van der Waals surface area contributed by atoms with Crippen molar-refractivity contribution in [3.8, 4) is 0 Å². The van der Waals surface area contributed by atoms with E-state index in [1.54, 1.807) is 22.3 Å². The van der Waals surface area contributed by atoms with Crippen molar-refractivity contribution in [1.29, 1.82) is 0 Å². The van der Waals surface area contributed by atoms with Gasteiger partial charge in [0.25, 0.3) is 0 Å². The van der Waals surface area contributed by atoms with Crippen LogP contribution in [-0.2, 0) is 6.42 Å². The maximum atomic E-state index is 4.46. The van der Waals surface area contributed by atoms with Crippen molar-refractivity contribution < 1.29 is 0 Å². The first-order valence-corrected chi connectivity index (χ1v) is 7.76. The number of fused-ring (bicyclic) bond motifs is 2. The van der Waals surface area contributed by atoms with Crippen LogP contribution in [-0.4, -0.2) is 6.04 Å². The normalized spacial score (nSPS) is 21.9. The average molecular weight is 271 g/mol. The summed E-state index contributed by atoms with van der Waals surface area (Å²) in [6.45, 7) is 6.80. The Labute approximate surface area is 118 Å². The molecule has 2 aliphatic rings. The van der Waals surface area contributed by atoms with Crippen LogP contribution in [0.25, 0.3) is 5.57 Å². The van der Waals surface area contributed by atoms with Gasteiger partial charge in [0.2, 0.25) is 0 Å². The summed E-state index contributed by atoms with van der Waals surface area (Å²) in [4.78, 5) is 0. The molecule has 0 saturated heterocycles. The van der Waals surface area contributed by atoms with E-state index in [0.29, 0.717) is 6.04 Å². The number of aryl methyl sites for hydroxylation is 2. The number of hydrogen-bond donors (Lipinski definition) is 0. The van der Waals surface area contributed by atoms with Gasteiger partial charge in [0.05, 0.1) is 6.04 Å². The van der Waals surface area contributed by atoms with Crippen LogP contribution in [0.1, 0.15) is 53.5 Å². The van der Waals surface area contributed by atoms with Crippen LogP contribution in [0.15, 0.2) is 16.4 Å². The number of rotatable bonds is 1. The minimum Gasteiger partial charge on any atom is -0.264 e. The lowest BCUT2D eigenvalue weighted by Crippen LogP contribution is -2.05.